The molecule has 1 amide bonds. The first kappa shape index (κ1) is 8.05. The van der Waals surface area contributed by atoms with Crippen LogP contribution in [-0.4, -0.2) is 36.0 Å². The van der Waals surface area contributed by atoms with Crippen LogP contribution in [0, 0.1) is 0 Å². The van der Waals surface area contributed by atoms with Crippen LogP contribution in [0.2, 0.25) is 0 Å². The van der Waals surface area contributed by atoms with Crippen molar-refractivity contribution in [2.45, 2.75) is 38.3 Å². The zero-order chi connectivity index (χ0) is 8.55. The third-order valence-electron chi connectivity index (χ3n) is 2.99. The minimum absolute atomic E-state index is 0.119. The van der Waals surface area contributed by atoms with E-state index in [4.69, 9.17) is 0 Å². The monoisotopic (exact) mass is 168 g/mol. The zero-order valence-electron chi connectivity index (χ0n) is 7.55. The Bertz CT molecular complexity index is 193. The van der Waals surface area contributed by atoms with Gasteiger partial charge < -0.3 is 5.32 Å². The molecule has 2 fully saturated rings. The third kappa shape index (κ3) is 1.33. The largest absolute Gasteiger partial charge is 0.352 e. The number of fused-ring (bicyclic) bond motifs is 1. The fourth-order valence-corrected chi connectivity index (χ4v) is 2.51. The molecule has 3 heteroatoms. The van der Waals surface area contributed by atoms with Crippen LogP contribution in [0.15, 0.2) is 0 Å². The lowest BCUT2D eigenvalue weighted by Gasteiger charge is -2.20. The molecular formula is C9H16N2O. The summed E-state index contributed by atoms with van der Waals surface area (Å²) in [6, 6.07) is 1.08. The normalized spacial score (nSPS) is 35.1. The van der Waals surface area contributed by atoms with E-state index < -0.39 is 0 Å². The SMILES string of the molecule is CC(=O)NC1CCN2CCCC12. The Labute approximate surface area is 73.1 Å². The van der Waals surface area contributed by atoms with Gasteiger partial charge in [0.2, 0.25) is 5.91 Å². The molecule has 2 atom stereocenters. The number of hydrogen-bond donors (Lipinski definition) is 1. The summed E-state index contributed by atoms with van der Waals surface area (Å²) >= 11 is 0. The molecule has 68 valence electrons. The molecule has 2 aliphatic heterocycles. The Kier molecular flexibility index (Phi) is 2.05. The average Bonchev–Trinajstić information content (AvgIpc) is 2.52. The fourth-order valence-electron chi connectivity index (χ4n) is 2.51. The van der Waals surface area contributed by atoms with Crippen molar-refractivity contribution in [2.24, 2.45) is 0 Å². The van der Waals surface area contributed by atoms with Gasteiger partial charge in [-0.25, -0.2) is 0 Å². The lowest BCUT2D eigenvalue weighted by Crippen LogP contribution is -2.41. The number of nitrogens with one attached hydrogen (secondary N) is 1. The molecule has 2 heterocycles. The van der Waals surface area contributed by atoms with Crippen molar-refractivity contribution in [2.75, 3.05) is 13.1 Å². The maximum atomic E-state index is 10.9. The average molecular weight is 168 g/mol. The number of carbonyl (C=O) groups excluding carboxylic acids is 1. The molecule has 1 N–H and O–H groups in total. The minimum atomic E-state index is 0.119. The summed E-state index contributed by atoms with van der Waals surface area (Å²) in [6.45, 7) is 4.02. The second-order valence-corrected chi connectivity index (χ2v) is 3.84. The summed E-state index contributed by atoms with van der Waals surface area (Å²) in [5.74, 6) is 0.119. The molecule has 3 nitrogen and oxygen atoms in total. The van der Waals surface area contributed by atoms with Gasteiger partial charge in [0.05, 0.1) is 0 Å². The van der Waals surface area contributed by atoms with Crippen LogP contribution in [0.3, 0.4) is 0 Å². The molecule has 0 aliphatic carbocycles. The van der Waals surface area contributed by atoms with Crippen molar-refractivity contribution in [3.8, 4) is 0 Å². The second-order valence-electron chi connectivity index (χ2n) is 3.84. The summed E-state index contributed by atoms with van der Waals surface area (Å²) in [5, 5.41) is 3.03. The Hall–Kier alpha value is -0.570. The third-order valence-corrected chi connectivity index (χ3v) is 2.99. The molecule has 0 saturated carbocycles. The molecule has 2 aliphatic rings. The fraction of sp³-hybridized carbons (Fsp3) is 0.889. The van der Waals surface area contributed by atoms with E-state index in [0.29, 0.717) is 12.1 Å². The Balaban J connectivity index is 1.95. The van der Waals surface area contributed by atoms with Gasteiger partial charge in [0, 0.05) is 25.6 Å². The van der Waals surface area contributed by atoms with Crippen LogP contribution in [0.25, 0.3) is 0 Å². The van der Waals surface area contributed by atoms with Gasteiger partial charge in [-0.1, -0.05) is 0 Å². The number of hydrogen-bond acceptors (Lipinski definition) is 2. The van der Waals surface area contributed by atoms with Crippen LogP contribution in [-0.2, 0) is 4.79 Å². The van der Waals surface area contributed by atoms with E-state index in [0.717, 1.165) is 6.42 Å². The smallest absolute Gasteiger partial charge is 0.217 e. The standard InChI is InChI=1S/C9H16N2O/c1-7(12)10-8-4-6-11-5-2-3-9(8)11/h8-9H,2-6H2,1H3,(H,10,12). The highest BCUT2D eigenvalue weighted by atomic mass is 16.1. The van der Waals surface area contributed by atoms with Crippen molar-refractivity contribution in [3.05, 3.63) is 0 Å². The molecule has 0 aromatic carbocycles. The van der Waals surface area contributed by atoms with Gasteiger partial charge in [0.15, 0.2) is 0 Å². The second kappa shape index (κ2) is 3.05. The zero-order valence-corrected chi connectivity index (χ0v) is 7.55. The Morgan fingerprint density at radius 1 is 1.42 bits per heavy atom. The molecular weight excluding hydrogens is 152 g/mol. The van der Waals surface area contributed by atoms with Gasteiger partial charge in [0.25, 0.3) is 0 Å². The summed E-state index contributed by atoms with van der Waals surface area (Å²) in [6.07, 6.45) is 3.72. The van der Waals surface area contributed by atoms with Crippen molar-refractivity contribution >= 4 is 5.91 Å². The molecule has 0 aromatic rings. The van der Waals surface area contributed by atoms with Crippen molar-refractivity contribution in [1.82, 2.24) is 10.2 Å². The predicted octanol–water partition coefficient (Wildman–Crippen LogP) is 0.359. The summed E-state index contributed by atoms with van der Waals surface area (Å²) in [5.41, 5.74) is 0. The van der Waals surface area contributed by atoms with E-state index in [-0.39, 0.29) is 5.91 Å². The highest BCUT2D eigenvalue weighted by molar-refractivity contribution is 5.73. The van der Waals surface area contributed by atoms with Gasteiger partial charge in [-0.2, -0.15) is 0 Å². The predicted molar refractivity (Wildman–Crippen MR) is 46.8 cm³/mol. The van der Waals surface area contributed by atoms with E-state index >= 15 is 0 Å². The summed E-state index contributed by atoms with van der Waals surface area (Å²) in [4.78, 5) is 13.4. The van der Waals surface area contributed by atoms with Crippen LogP contribution >= 0.6 is 0 Å². The van der Waals surface area contributed by atoms with Gasteiger partial charge in [-0.05, 0) is 25.8 Å². The topological polar surface area (TPSA) is 32.3 Å². The van der Waals surface area contributed by atoms with Crippen LogP contribution in [0.4, 0.5) is 0 Å². The maximum absolute atomic E-state index is 10.9. The van der Waals surface area contributed by atoms with Crippen molar-refractivity contribution in [1.29, 1.82) is 0 Å². The highest BCUT2D eigenvalue weighted by Crippen LogP contribution is 2.27. The maximum Gasteiger partial charge on any atom is 0.217 e. The van der Waals surface area contributed by atoms with E-state index in [1.54, 1.807) is 6.92 Å². The molecule has 0 spiro atoms. The molecule has 2 unspecified atom stereocenters. The van der Waals surface area contributed by atoms with E-state index in [1.165, 1.54) is 25.9 Å². The van der Waals surface area contributed by atoms with Gasteiger partial charge in [-0.3, -0.25) is 9.69 Å². The van der Waals surface area contributed by atoms with E-state index in [2.05, 4.69) is 10.2 Å². The Morgan fingerprint density at radius 3 is 3.00 bits per heavy atom. The van der Waals surface area contributed by atoms with E-state index in [9.17, 15) is 4.79 Å². The summed E-state index contributed by atoms with van der Waals surface area (Å²) in [7, 11) is 0. The lowest BCUT2D eigenvalue weighted by molar-refractivity contribution is -0.119. The first-order valence-electron chi connectivity index (χ1n) is 4.78. The van der Waals surface area contributed by atoms with Crippen LogP contribution in [0.1, 0.15) is 26.2 Å². The summed E-state index contributed by atoms with van der Waals surface area (Å²) < 4.78 is 0. The number of amides is 1. The van der Waals surface area contributed by atoms with E-state index in [1.807, 2.05) is 0 Å². The van der Waals surface area contributed by atoms with Crippen LogP contribution < -0.4 is 5.32 Å². The highest BCUT2D eigenvalue weighted by Gasteiger charge is 2.37. The molecule has 2 saturated heterocycles. The molecule has 12 heavy (non-hydrogen) atoms. The number of rotatable bonds is 1. The molecule has 2 rings (SSSR count). The van der Waals surface area contributed by atoms with Gasteiger partial charge in [0.1, 0.15) is 0 Å². The van der Waals surface area contributed by atoms with Gasteiger partial charge in [-0.15, -0.1) is 0 Å². The van der Waals surface area contributed by atoms with Crippen molar-refractivity contribution in [3.63, 3.8) is 0 Å². The quantitative estimate of drug-likeness (QED) is 0.613. The van der Waals surface area contributed by atoms with Crippen LogP contribution in [0.5, 0.6) is 0 Å². The number of nitrogens with zero attached hydrogens (tertiary/aromatic N) is 1. The molecule has 0 aromatic heterocycles. The first-order valence-corrected chi connectivity index (χ1v) is 4.78. The molecule has 0 radical (unpaired) electrons. The van der Waals surface area contributed by atoms with Gasteiger partial charge >= 0.3 is 0 Å². The lowest BCUT2D eigenvalue weighted by atomic mass is 10.1. The molecule has 0 bridgehead atoms. The number of carbonyl (C=O) groups is 1. The Morgan fingerprint density at radius 2 is 2.25 bits per heavy atom. The first-order chi connectivity index (χ1) is 5.77. The minimum Gasteiger partial charge on any atom is -0.352 e. The van der Waals surface area contributed by atoms with Crippen molar-refractivity contribution < 1.29 is 4.79 Å².